The van der Waals surface area contributed by atoms with E-state index in [4.69, 9.17) is 5.11 Å². The van der Waals surface area contributed by atoms with E-state index in [0.717, 1.165) is 25.9 Å². The third kappa shape index (κ3) is 2.38. The first-order valence-corrected chi connectivity index (χ1v) is 5.46. The molecule has 0 aromatic rings. The second-order valence-electron chi connectivity index (χ2n) is 4.53. The Bertz CT molecular complexity index is 277. The molecule has 4 heteroatoms. The van der Waals surface area contributed by atoms with E-state index in [9.17, 15) is 9.90 Å². The normalized spacial score (nSPS) is 36.2. The van der Waals surface area contributed by atoms with Crippen LogP contribution in [0.5, 0.6) is 0 Å². The Hall–Kier alpha value is -0.870. The number of hydrogen-bond donors (Lipinski definition) is 2. The lowest BCUT2D eigenvalue weighted by Gasteiger charge is -2.15. The van der Waals surface area contributed by atoms with E-state index in [1.807, 2.05) is 0 Å². The number of fused-ring (bicyclic) bond motifs is 1. The van der Waals surface area contributed by atoms with Crippen molar-refractivity contribution in [3.05, 3.63) is 12.2 Å². The molecule has 1 aliphatic carbocycles. The highest BCUT2D eigenvalue weighted by atomic mass is 16.4. The third-order valence-corrected chi connectivity index (χ3v) is 3.52. The molecule has 2 fully saturated rings. The molecule has 1 saturated carbocycles. The van der Waals surface area contributed by atoms with Gasteiger partial charge in [-0.25, -0.2) is 4.79 Å². The van der Waals surface area contributed by atoms with Gasteiger partial charge in [0.2, 0.25) is 0 Å². The van der Waals surface area contributed by atoms with Gasteiger partial charge >= 0.3 is 5.97 Å². The van der Waals surface area contributed by atoms with E-state index in [-0.39, 0.29) is 6.10 Å². The highest BCUT2D eigenvalue weighted by molar-refractivity contribution is 5.79. The summed E-state index contributed by atoms with van der Waals surface area (Å²) in [7, 11) is 0. The lowest BCUT2D eigenvalue weighted by Crippen LogP contribution is -2.24. The Morgan fingerprint density at radius 1 is 1.40 bits per heavy atom. The van der Waals surface area contributed by atoms with Crippen LogP contribution in [0.15, 0.2) is 12.2 Å². The molecule has 1 aliphatic heterocycles. The number of aliphatic hydroxyl groups is 1. The van der Waals surface area contributed by atoms with E-state index in [2.05, 4.69) is 4.90 Å². The van der Waals surface area contributed by atoms with Crippen molar-refractivity contribution in [2.24, 2.45) is 11.8 Å². The van der Waals surface area contributed by atoms with E-state index in [1.165, 1.54) is 6.08 Å². The summed E-state index contributed by atoms with van der Waals surface area (Å²) in [5.74, 6) is 0.149. The first-order chi connectivity index (χ1) is 7.16. The highest BCUT2D eigenvalue weighted by Crippen LogP contribution is 2.37. The zero-order valence-corrected chi connectivity index (χ0v) is 8.67. The zero-order valence-electron chi connectivity index (χ0n) is 8.67. The van der Waals surface area contributed by atoms with Crippen LogP contribution in [0.4, 0.5) is 0 Å². The average molecular weight is 211 g/mol. The number of carbonyl (C=O) groups is 1. The maximum Gasteiger partial charge on any atom is 0.328 e. The minimum absolute atomic E-state index is 0.136. The molecule has 1 saturated heterocycles. The molecule has 0 bridgehead atoms. The van der Waals surface area contributed by atoms with Crippen molar-refractivity contribution in [1.29, 1.82) is 0 Å². The summed E-state index contributed by atoms with van der Waals surface area (Å²) in [5, 5.41) is 18.1. The van der Waals surface area contributed by atoms with Crippen LogP contribution >= 0.6 is 0 Å². The van der Waals surface area contributed by atoms with Gasteiger partial charge in [-0.1, -0.05) is 6.08 Å². The summed E-state index contributed by atoms with van der Waals surface area (Å²) >= 11 is 0. The SMILES string of the molecule is O=C(O)/C=C/CN1CC2CCC(O)C2C1. The number of nitrogens with zero attached hydrogens (tertiary/aromatic N) is 1. The van der Waals surface area contributed by atoms with E-state index in [0.29, 0.717) is 18.4 Å². The predicted octanol–water partition coefficient (Wildman–Crippen LogP) is 0.330. The second-order valence-corrected chi connectivity index (χ2v) is 4.53. The molecule has 2 aliphatic rings. The molecule has 4 nitrogen and oxygen atoms in total. The van der Waals surface area contributed by atoms with Crippen molar-refractivity contribution in [3.8, 4) is 0 Å². The van der Waals surface area contributed by atoms with Gasteiger partial charge in [-0.3, -0.25) is 4.90 Å². The fraction of sp³-hybridized carbons (Fsp3) is 0.727. The molecule has 84 valence electrons. The number of carboxylic acids is 1. The minimum atomic E-state index is -0.894. The van der Waals surface area contributed by atoms with Gasteiger partial charge in [0.1, 0.15) is 0 Å². The topological polar surface area (TPSA) is 60.8 Å². The van der Waals surface area contributed by atoms with Gasteiger partial charge in [0.05, 0.1) is 6.10 Å². The monoisotopic (exact) mass is 211 g/mol. The Morgan fingerprint density at radius 2 is 2.20 bits per heavy atom. The summed E-state index contributed by atoms with van der Waals surface area (Å²) in [6, 6.07) is 0. The van der Waals surface area contributed by atoms with Gasteiger partial charge in [-0.15, -0.1) is 0 Å². The fourth-order valence-electron chi connectivity index (χ4n) is 2.78. The first kappa shape index (κ1) is 10.6. The van der Waals surface area contributed by atoms with Crippen LogP contribution in [0.1, 0.15) is 12.8 Å². The van der Waals surface area contributed by atoms with Crippen LogP contribution in [-0.2, 0) is 4.79 Å². The number of hydrogen-bond acceptors (Lipinski definition) is 3. The number of aliphatic hydroxyl groups excluding tert-OH is 1. The van der Waals surface area contributed by atoms with Crippen LogP contribution in [0, 0.1) is 11.8 Å². The van der Waals surface area contributed by atoms with Gasteiger partial charge in [-0.05, 0) is 18.8 Å². The molecule has 2 rings (SSSR count). The zero-order chi connectivity index (χ0) is 10.8. The molecule has 15 heavy (non-hydrogen) atoms. The molecule has 0 spiro atoms. The van der Waals surface area contributed by atoms with Crippen LogP contribution in [0.2, 0.25) is 0 Å². The third-order valence-electron chi connectivity index (χ3n) is 3.52. The summed E-state index contributed by atoms with van der Waals surface area (Å²) in [6.07, 6.45) is 4.78. The Balaban J connectivity index is 1.81. The van der Waals surface area contributed by atoms with E-state index in [1.54, 1.807) is 6.08 Å². The van der Waals surface area contributed by atoms with Gasteiger partial charge in [0.15, 0.2) is 0 Å². The maximum absolute atomic E-state index is 10.3. The molecule has 0 amide bonds. The molecule has 3 unspecified atom stereocenters. The van der Waals surface area contributed by atoms with Gasteiger partial charge in [0.25, 0.3) is 0 Å². The van der Waals surface area contributed by atoms with Crippen molar-refractivity contribution < 1.29 is 15.0 Å². The smallest absolute Gasteiger partial charge is 0.328 e. The van der Waals surface area contributed by atoms with Crippen molar-refractivity contribution in [2.45, 2.75) is 18.9 Å². The molecular formula is C11H17NO3. The molecule has 0 aromatic heterocycles. The summed E-state index contributed by atoms with van der Waals surface area (Å²) in [4.78, 5) is 12.5. The molecular weight excluding hydrogens is 194 g/mol. The quantitative estimate of drug-likeness (QED) is 0.660. The first-order valence-electron chi connectivity index (χ1n) is 5.46. The van der Waals surface area contributed by atoms with Crippen molar-refractivity contribution in [1.82, 2.24) is 4.90 Å². The molecule has 0 aromatic carbocycles. The van der Waals surface area contributed by atoms with Crippen LogP contribution < -0.4 is 0 Å². The largest absolute Gasteiger partial charge is 0.478 e. The number of rotatable bonds is 3. The molecule has 2 N–H and O–H groups in total. The van der Waals surface area contributed by atoms with E-state index >= 15 is 0 Å². The van der Waals surface area contributed by atoms with Crippen LogP contribution in [0.3, 0.4) is 0 Å². The predicted molar refractivity (Wildman–Crippen MR) is 55.4 cm³/mol. The Kier molecular flexibility index (Phi) is 3.07. The molecule has 0 radical (unpaired) electrons. The lowest BCUT2D eigenvalue weighted by molar-refractivity contribution is -0.131. The van der Waals surface area contributed by atoms with Gasteiger partial charge in [0, 0.05) is 31.6 Å². The van der Waals surface area contributed by atoms with Crippen molar-refractivity contribution in [3.63, 3.8) is 0 Å². The standard InChI is InChI=1S/C11H17NO3/c13-10-4-3-8-6-12(7-9(8)10)5-1-2-11(14)15/h1-2,8-10,13H,3-7H2,(H,14,15)/b2-1+. The highest BCUT2D eigenvalue weighted by Gasteiger charge is 2.41. The summed E-state index contributed by atoms with van der Waals surface area (Å²) in [6.45, 7) is 2.60. The molecule has 3 atom stereocenters. The molecule has 1 heterocycles. The Morgan fingerprint density at radius 3 is 2.87 bits per heavy atom. The minimum Gasteiger partial charge on any atom is -0.478 e. The van der Waals surface area contributed by atoms with Gasteiger partial charge < -0.3 is 10.2 Å². The average Bonchev–Trinajstić information content (AvgIpc) is 2.69. The summed E-state index contributed by atoms with van der Waals surface area (Å²) < 4.78 is 0. The van der Waals surface area contributed by atoms with Gasteiger partial charge in [-0.2, -0.15) is 0 Å². The lowest BCUT2D eigenvalue weighted by atomic mass is 10.00. The second kappa shape index (κ2) is 4.33. The maximum atomic E-state index is 10.3. The Labute approximate surface area is 89.2 Å². The fourth-order valence-corrected chi connectivity index (χ4v) is 2.78. The number of likely N-dealkylation sites (tertiary alicyclic amines) is 1. The number of aliphatic carboxylic acids is 1. The van der Waals surface area contributed by atoms with E-state index < -0.39 is 5.97 Å². The summed E-state index contributed by atoms with van der Waals surface area (Å²) in [5.41, 5.74) is 0. The van der Waals surface area contributed by atoms with Crippen molar-refractivity contribution in [2.75, 3.05) is 19.6 Å². The van der Waals surface area contributed by atoms with Crippen LogP contribution in [-0.4, -0.2) is 46.8 Å². The van der Waals surface area contributed by atoms with Crippen molar-refractivity contribution >= 4 is 5.97 Å². The number of carboxylic acid groups (broad SMARTS) is 1. The van der Waals surface area contributed by atoms with Crippen LogP contribution in [0.25, 0.3) is 0 Å².